The zero-order valence-corrected chi connectivity index (χ0v) is 9.82. The molecule has 70 valence electrons. The highest BCUT2D eigenvalue weighted by Gasteiger charge is 2.14. The smallest absolute Gasteiger partial charge is 0.181 e. The molecule has 0 aliphatic heterocycles. The lowest BCUT2D eigenvalue weighted by Gasteiger charge is -2.05. The molecule has 1 aromatic rings. The molecular formula is C10H10BrClO. The third-order valence-corrected chi connectivity index (χ3v) is 2.64. The zero-order chi connectivity index (χ0) is 10.0. The number of aryl methyl sites for hydroxylation is 1. The first kappa shape index (κ1) is 10.7. The molecule has 0 aliphatic rings. The van der Waals surface area contributed by atoms with E-state index in [4.69, 9.17) is 11.6 Å². The Hall–Kier alpha value is -0.340. The maximum absolute atomic E-state index is 11.6. The highest BCUT2D eigenvalue weighted by atomic mass is 79.9. The van der Waals surface area contributed by atoms with E-state index < -0.39 is 5.38 Å². The predicted octanol–water partition coefficient (Wildman–Crippen LogP) is 3.57. The van der Waals surface area contributed by atoms with Gasteiger partial charge in [-0.2, -0.15) is 0 Å². The first-order valence-electron chi connectivity index (χ1n) is 3.97. The van der Waals surface area contributed by atoms with Gasteiger partial charge in [-0.05, 0) is 26.0 Å². The standard InChI is InChI=1S/C10H10BrClO/c1-6-3-4-9(11)8(5-6)10(13)7(2)12/h3-5,7H,1-2H3. The fraction of sp³-hybridized carbons (Fsp3) is 0.300. The number of benzene rings is 1. The molecule has 0 aromatic heterocycles. The Morgan fingerprint density at radius 3 is 2.69 bits per heavy atom. The minimum Gasteiger partial charge on any atom is -0.292 e. The highest BCUT2D eigenvalue weighted by molar-refractivity contribution is 9.10. The van der Waals surface area contributed by atoms with Crippen LogP contribution in [0.25, 0.3) is 0 Å². The van der Waals surface area contributed by atoms with Gasteiger partial charge in [0.1, 0.15) is 0 Å². The van der Waals surface area contributed by atoms with Crippen molar-refractivity contribution in [3.8, 4) is 0 Å². The summed E-state index contributed by atoms with van der Waals surface area (Å²) in [5.74, 6) is -0.0442. The number of carbonyl (C=O) groups excluding carboxylic acids is 1. The van der Waals surface area contributed by atoms with Crippen LogP contribution in [0.2, 0.25) is 0 Å². The van der Waals surface area contributed by atoms with Crippen molar-refractivity contribution in [1.82, 2.24) is 0 Å². The van der Waals surface area contributed by atoms with Gasteiger partial charge in [0.25, 0.3) is 0 Å². The molecule has 1 atom stereocenters. The molecule has 0 fully saturated rings. The van der Waals surface area contributed by atoms with Gasteiger partial charge in [0.05, 0.1) is 5.38 Å². The van der Waals surface area contributed by atoms with Crippen molar-refractivity contribution >= 4 is 33.3 Å². The molecular weight excluding hydrogens is 251 g/mol. The van der Waals surface area contributed by atoms with Gasteiger partial charge in [-0.15, -0.1) is 11.6 Å². The lowest BCUT2D eigenvalue weighted by molar-refractivity contribution is 0.0991. The van der Waals surface area contributed by atoms with Crippen LogP contribution in [0.3, 0.4) is 0 Å². The quantitative estimate of drug-likeness (QED) is 0.587. The molecule has 0 bridgehead atoms. The van der Waals surface area contributed by atoms with Crippen LogP contribution in [0, 0.1) is 6.92 Å². The van der Waals surface area contributed by atoms with Gasteiger partial charge in [0.2, 0.25) is 0 Å². The van der Waals surface area contributed by atoms with Crippen molar-refractivity contribution in [3.63, 3.8) is 0 Å². The van der Waals surface area contributed by atoms with Gasteiger partial charge in [0, 0.05) is 10.0 Å². The number of Topliss-reactive ketones (excluding diaryl/α,β-unsaturated/α-hetero) is 1. The van der Waals surface area contributed by atoms with Gasteiger partial charge < -0.3 is 0 Å². The fourth-order valence-corrected chi connectivity index (χ4v) is 1.60. The average Bonchev–Trinajstić information content (AvgIpc) is 2.08. The first-order chi connectivity index (χ1) is 6.02. The van der Waals surface area contributed by atoms with Crippen LogP contribution in [-0.2, 0) is 0 Å². The van der Waals surface area contributed by atoms with E-state index in [1.165, 1.54) is 0 Å². The summed E-state index contributed by atoms with van der Waals surface area (Å²) in [5, 5.41) is -0.474. The summed E-state index contributed by atoms with van der Waals surface area (Å²) in [6.45, 7) is 3.63. The molecule has 0 amide bonds. The lowest BCUT2D eigenvalue weighted by Crippen LogP contribution is -2.11. The maximum Gasteiger partial charge on any atom is 0.181 e. The summed E-state index contributed by atoms with van der Waals surface area (Å²) >= 11 is 9.04. The number of alkyl halides is 1. The summed E-state index contributed by atoms with van der Waals surface area (Å²) in [6.07, 6.45) is 0. The minimum absolute atomic E-state index is 0.0442. The Balaban J connectivity index is 3.13. The largest absolute Gasteiger partial charge is 0.292 e. The number of ketones is 1. The molecule has 0 aliphatic carbocycles. The predicted molar refractivity (Wildman–Crippen MR) is 58.5 cm³/mol. The van der Waals surface area contributed by atoms with Crippen molar-refractivity contribution in [2.75, 3.05) is 0 Å². The maximum atomic E-state index is 11.6. The minimum atomic E-state index is -0.474. The second kappa shape index (κ2) is 4.25. The van der Waals surface area contributed by atoms with E-state index in [1.807, 2.05) is 25.1 Å². The number of carbonyl (C=O) groups is 1. The van der Waals surface area contributed by atoms with Crippen LogP contribution in [0.15, 0.2) is 22.7 Å². The van der Waals surface area contributed by atoms with E-state index in [0.29, 0.717) is 5.56 Å². The number of hydrogen-bond donors (Lipinski definition) is 0. The molecule has 1 nitrogen and oxygen atoms in total. The SMILES string of the molecule is Cc1ccc(Br)c(C(=O)C(C)Cl)c1. The average molecular weight is 262 g/mol. The van der Waals surface area contributed by atoms with Crippen molar-refractivity contribution in [3.05, 3.63) is 33.8 Å². The third-order valence-electron chi connectivity index (χ3n) is 1.75. The van der Waals surface area contributed by atoms with Crippen molar-refractivity contribution in [2.45, 2.75) is 19.2 Å². The molecule has 13 heavy (non-hydrogen) atoms. The van der Waals surface area contributed by atoms with Crippen LogP contribution in [0.1, 0.15) is 22.8 Å². The van der Waals surface area contributed by atoms with E-state index in [-0.39, 0.29) is 5.78 Å². The van der Waals surface area contributed by atoms with Crippen LogP contribution in [-0.4, -0.2) is 11.2 Å². The van der Waals surface area contributed by atoms with Crippen LogP contribution < -0.4 is 0 Å². The topological polar surface area (TPSA) is 17.1 Å². The van der Waals surface area contributed by atoms with Crippen molar-refractivity contribution < 1.29 is 4.79 Å². The summed E-state index contributed by atoms with van der Waals surface area (Å²) in [4.78, 5) is 11.6. The molecule has 0 saturated heterocycles. The van der Waals surface area contributed by atoms with Crippen LogP contribution in [0.4, 0.5) is 0 Å². The van der Waals surface area contributed by atoms with Gasteiger partial charge in [-0.3, -0.25) is 4.79 Å². The van der Waals surface area contributed by atoms with Crippen molar-refractivity contribution in [2.24, 2.45) is 0 Å². The molecule has 1 rings (SSSR count). The number of hydrogen-bond acceptors (Lipinski definition) is 1. The second-order valence-electron chi connectivity index (χ2n) is 2.96. The van der Waals surface area contributed by atoms with E-state index in [9.17, 15) is 4.79 Å². The molecule has 0 N–H and O–H groups in total. The number of rotatable bonds is 2. The van der Waals surface area contributed by atoms with Crippen LogP contribution >= 0.6 is 27.5 Å². The Morgan fingerprint density at radius 2 is 2.15 bits per heavy atom. The summed E-state index contributed by atoms with van der Waals surface area (Å²) in [6, 6.07) is 5.65. The Bertz CT molecular complexity index is 334. The Morgan fingerprint density at radius 1 is 1.54 bits per heavy atom. The molecule has 0 radical (unpaired) electrons. The monoisotopic (exact) mass is 260 g/mol. The Kier molecular flexibility index (Phi) is 3.51. The highest BCUT2D eigenvalue weighted by Crippen LogP contribution is 2.20. The normalized spacial score (nSPS) is 12.6. The summed E-state index contributed by atoms with van der Waals surface area (Å²) in [5.41, 5.74) is 1.71. The third kappa shape index (κ3) is 2.55. The summed E-state index contributed by atoms with van der Waals surface area (Å²) < 4.78 is 0.801. The Labute approximate surface area is 91.2 Å². The zero-order valence-electron chi connectivity index (χ0n) is 7.47. The van der Waals surface area contributed by atoms with Gasteiger partial charge in [0.15, 0.2) is 5.78 Å². The summed E-state index contributed by atoms with van der Waals surface area (Å²) in [7, 11) is 0. The lowest BCUT2D eigenvalue weighted by atomic mass is 10.1. The van der Waals surface area contributed by atoms with Gasteiger partial charge in [-0.25, -0.2) is 0 Å². The first-order valence-corrected chi connectivity index (χ1v) is 5.19. The molecule has 0 heterocycles. The molecule has 3 heteroatoms. The number of halogens is 2. The van der Waals surface area contributed by atoms with E-state index in [2.05, 4.69) is 15.9 Å². The molecule has 0 spiro atoms. The van der Waals surface area contributed by atoms with Gasteiger partial charge in [-0.1, -0.05) is 27.6 Å². The molecule has 0 saturated carbocycles. The van der Waals surface area contributed by atoms with Gasteiger partial charge >= 0.3 is 0 Å². The van der Waals surface area contributed by atoms with E-state index in [0.717, 1.165) is 10.0 Å². The molecule has 1 unspecified atom stereocenters. The second-order valence-corrected chi connectivity index (χ2v) is 4.47. The van der Waals surface area contributed by atoms with Crippen molar-refractivity contribution in [1.29, 1.82) is 0 Å². The van der Waals surface area contributed by atoms with E-state index >= 15 is 0 Å². The fourth-order valence-electron chi connectivity index (χ4n) is 1.04. The molecule has 1 aromatic carbocycles. The van der Waals surface area contributed by atoms with Crippen LogP contribution in [0.5, 0.6) is 0 Å². The van der Waals surface area contributed by atoms with E-state index in [1.54, 1.807) is 6.92 Å².